The minimum absolute atomic E-state index is 0.240. The number of hydrogen-bond donors (Lipinski definition) is 3. The monoisotopic (exact) mass is 388 g/mol. The number of carbonyl (C=O) groups excluding carboxylic acids is 1. The molecule has 0 saturated heterocycles. The maximum Gasteiger partial charge on any atom is 0.336 e. The van der Waals surface area contributed by atoms with E-state index < -0.39 is 11.9 Å². The Bertz CT molecular complexity index is 999. The van der Waals surface area contributed by atoms with E-state index in [0.717, 1.165) is 0 Å². The zero-order chi connectivity index (χ0) is 19.7. The molecule has 0 aliphatic carbocycles. The van der Waals surface area contributed by atoms with E-state index >= 15 is 0 Å². The molecule has 0 amide bonds. The first-order chi connectivity index (χ1) is 12.9. The number of methoxy groups -OCH3 is 3. The zero-order valence-corrected chi connectivity index (χ0v) is 16.2. The maximum atomic E-state index is 12.6. The van der Waals surface area contributed by atoms with Gasteiger partial charge < -0.3 is 30.2 Å². The van der Waals surface area contributed by atoms with Gasteiger partial charge >= 0.3 is 5.97 Å². The summed E-state index contributed by atoms with van der Waals surface area (Å²) in [5.74, 6) is 0.908. The van der Waals surface area contributed by atoms with Crippen LogP contribution in [0.25, 0.3) is 0 Å². The van der Waals surface area contributed by atoms with E-state index in [2.05, 4.69) is 15.3 Å². The number of rotatable bonds is 4. The molecule has 9 heteroatoms. The van der Waals surface area contributed by atoms with E-state index in [4.69, 9.17) is 32.2 Å². The summed E-state index contributed by atoms with van der Waals surface area (Å²) in [6, 6.07) is 5.35. The average Bonchev–Trinajstić information content (AvgIpc) is 2.65. The molecule has 1 aromatic heterocycles. The highest BCUT2D eigenvalue weighted by molar-refractivity contribution is 7.71. The number of allylic oxidation sites excluding steroid dienone is 1. The molecular formula is C18H20N4O4S. The molecule has 27 heavy (non-hydrogen) atoms. The molecule has 1 aliphatic heterocycles. The highest BCUT2D eigenvalue weighted by Crippen LogP contribution is 2.46. The number of hydrogen-bond acceptors (Lipinski definition) is 8. The van der Waals surface area contributed by atoms with Gasteiger partial charge in [-0.25, -0.2) is 9.78 Å². The summed E-state index contributed by atoms with van der Waals surface area (Å²) in [4.78, 5) is 19.8. The van der Waals surface area contributed by atoms with Crippen LogP contribution in [0, 0.1) is 4.77 Å². The minimum Gasteiger partial charge on any atom is -0.497 e. The van der Waals surface area contributed by atoms with Gasteiger partial charge in [-0.05, 0) is 37.3 Å². The number of aromatic amines is 1. The molecule has 8 nitrogen and oxygen atoms in total. The molecule has 1 unspecified atom stereocenters. The molecule has 2 heterocycles. The second kappa shape index (κ2) is 7.28. The molecule has 3 rings (SSSR count). The number of benzene rings is 1. The highest BCUT2D eigenvalue weighted by atomic mass is 32.1. The third-order valence-electron chi connectivity index (χ3n) is 4.44. The van der Waals surface area contributed by atoms with Crippen LogP contribution in [0.2, 0.25) is 0 Å². The second-order valence-electron chi connectivity index (χ2n) is 5.91. The Hall–Kier alpha value is -3.07. The average molecular weight is 388 g/mol. The molecule has 2 aromatic rings. The highest BCUT2D eigenvalue weighted by Gasteiger charge is 2.37. The zero-order valence-electron chi connectivity index (χ0n) is 15.4. The normalized spacial score (nSPS) is 15.6. The van der Waals surface area contributed by atoms with Crippen molar-refractivity contribution in [2.24, 2.45) is 0 Å². The van der Waals surface area contributed by atoms with Crippen LogP contribution in [-0.4, -0.2) is 37.3 Å². The van der Waals surface area contributed by atoms with Gasteiger partial charge in [-0.1, -0.05) is 0 Å². The molecule has 0 saturated carbocycles. The van der Waals surface area contributed by atoms with Crippen molar-refractivity contribution in [3.05, 3.63) is 45.4 Å². The number of ether oxygens (including phenoxy) is 3. The largest absolute Gasteiger partial charge is 0.497 e. The first kappa shape index (κ1) is 18.7. The Morgan fingerprint density at radius 3 is 2.63 bits per heavy atom. The SMILES string of the molecule is COC(=O)C1=C(C)Nc2nc(=S)[nH]c(N)c2C1c1cc(OC)ccc1OC. The van der Waals surface area contributed by atoms with Gasteiger partial charge in [0.05, 0.1) is 32.8 Å². The van der Waals surface area contributed by atoms with Crippen molar-refractivity contribution < 1.29 is 19.0 Å². The molecule has 142 valence electrons. The third-order valence-corrected chi connectivity index (χ3v) is 4.63. The van der Waals surface area contributed by atoms with Crippen LogP contribution in [0.15, 0.2) is 29.5 Å². The predicted octanol–water partition coefficient (Wildman–Crippen LogP) is 2.74. The number of anilines is 2. The van der Waals surface area contributed by atoms with E-state index in [0.29, 0.717) is 45.5 Å². The lowest BCUT2D eigenvalue weighted by atomic mass is 9.81. The Labute approximate surface area is 161 Å². The quantitative estimate of drug-likeness (QED) is 0.541. The molecule has 1 aromatic carbocycles. The molecule has 0 radical (unpaired) electrons. The summed E-state index contributed by atoms with van der Waals surface area (Å²) >= 11 is 5.13. The number of nitrogens with zero attached hydrogens (tertiary/aromatic N) is 1. The van der Waals surface area contributed by atoms with E-state index in [1.165, 1.54) is 7.11 Å². The summed E-state index contributed by atoms with van der Waals surface area (Å²) < 4.78 is 16.1. The summed E-state index contributed by atoms with van der Waals surface area (Å²) in [6.45, 7) is 1.77. The number of esters is 1. The lowest BCUT2D eigenvalue weighted by molar-refractivity contribution is -0.136. The van der Waals surface area contributed by atoms with Crippen molar-refractivity contribution in [2.45, 2.75) is 12.8 Å². The number of nitrogens with two attached hydrogens (primary N) is 1. The molecule has 1 atom stereocenters. The van der Waals surface area contributed by atoms with Gasteiger partial charge in [-0.2, -0.15) is 0 Å². The van der Waals surface area contributed by atoms with Crippen LogP contribution in [-0.2, 0) is 9.53 Å². The number of fused-ring (bicyclic) bond motifs is 1. The fraction of sp³-hybridized carbons (Fsp3) is 0.278. The van der Waals surface area contributed by atoms with Crippen LogP contribution in [0.1, 0.15) is 24.0 Å². The maximum absolute atomic E-state index is 12.6. The van der Waals surface area contributed by atoms with Gasteiger partial charge in [0.2, 0.25) is 0 Å². The lowest BCUT2D eigenvalue weighted by Crippen LogP contribution is -2.26. The second-order valence-corrected chi connectivity index (χ2v) is 6.30. The molecule has 4 N–H and O–H groups in total. The van der Waals surface area contributed by atoms with Crippen molar-refractivity contribution in [3.8, 4) is 11.5 Å². The minimum atomic E-state index is -0.585. The van der Waals surface area contributed by atoms with E-state index in [1.54, 1.807) is 39.3 Å². The first-order valence-electron chi connectivity index (χ1n) is 8.09. The van der Waals surface area contributed by atoms with Crippen molar-refractivity contribution in [1.29, 1.82) is 0 Å². The fourth-order valence-corrected chi connectivity index (χ4v) is 3.45. The lowest BCUT2D eigenvalue weighted by Gasteiger charge is -2.30. The van der Waals surface area contributed by atoms with E-state index in [-0.39, 0.29) is 4.77 Å². The van der Waals surface area contributed by atoms with Crippen molar-refractivity contribution >= 4 is 29.8 Å². The number of H-pyrrole nitrogens is 1. The van der Waals surface area contributed by atoms with Gasteiger partial charge in [0, 0.05) is 16.8 Å². The van der Waals surface area contributed by atoms with E-state index in [9.17, 15) is 4.79 Å². The number of carbonyl (C=O) groups is 1. The number of nitrogens with one attached hydrogen (secondary N) is 2. The Morgan fingerprint density at radius 2 is 2.00 bits per heavy atom. The third kappa shape index (κ3) is 3.21. The fourth-order valence-electron chi connectivity index (χ4n) is 3.25. The van der Waals surface area contributed by atoms with Crippen LogP contribution in [0.3, 0.4) is 0 Å². The molecule has 1 aliphatic rings. The van der Waals surface area contributed by atoms with Crippen LogP contribution in [0.4, 0.5) is 11.6 Å². The van der Waals surface area contributed by atoms with Gasteiger partial charge in [0.1, 0.15) is 23.1 Å². The topological polar surface area (TPSA) is 111 Å². The Balaban J connectivity index is 2.37. The first-order valence-corrected chi connectivity index (χ1v) is 8.49. The predicted molar refractivity (Wildman–Crippen MR) is 104 cm³/mol. The van der Waals surface area contributed by atoms with Crippen LogP contribution < -0.4 is 20.5 Å². The summed E-state index contributed by atoms with van der Waals surface area (Å²) in [5.41, 5.74) is 8.50. The summed E-state index contributed by atoms with van der Waals surface area (Å²) in [5, 5.41) is 3.10. The van der Waals surface area contributed by atoms with Gasteiger partial charge in [0.15, 0.2) is 4.77 Å². The molecular weight excluding hydrogens is 368 g/mol. The van der Waals surface area contributed by atoms with Gasteiger partial charge in [0.25, 0.3) is 0 Å². The van der Waals surface area contributed by atoms with Crippen molar-refractivity contribution in [3.63, 3.8) is 0 Å². The summed E-state index contributed by atoms with van der Waals surface area (Å²) in [7, 11) is 4.46. The van der Waals surface area contributed by atoms with Crippen molar-refractivity contribution in [2.75, 3.05) is 32.4 Å². The van der Waals surface area contributed by atoms with Crippen LogP contribution in [0.5, 0.6) is 11.5 Å². The summed E-state index contributed by atoms with van der Waals surface area (Å²) in [6.07, 6.45) is 0. The number of nitrogen functional groups attached to an aromatic ring is 1. The van der Waals surface area contributed by atoms with Crippen LogP contribution >= 0.6 is 12.2 Å². The standard InChI is InChI=1S/C18H20N4O4S/c1-8-12(17(23)26-4)13(10-7-9(24-2)5-6-11(10)25-3)14-15(19)21-18(27)22-16(14)20-8/h5-7,13H,1-4H3,(H4,19,20,21,22,27). The molecule has 0 fully saturated rings. The Morgan fingerprint density at radius 1 is 1.26 bits per heavy atom. The van der Waals surface area contributed by atoms with E-state index in [1.807, 2.05) is 0 Å². The number of aromatic nitrogens is 2. The van der Waals surface area contributed by atoms with Crippen molar-refractivity contribution in [1.82, 2.24) is 9.97 Å². The van der Waals surface area contributed by atoms with Gasteiger partial charge in [-0.3, -0.25) is 0 Å². The van der Waals surface area contributed by atoms with Gasteiger partial charge in [-0.15, -0.1) is 0 Å². The Kier molecular flexibility index (Phi) is 5.04. The molecule has 0 bridgehead atoms. The molecule has 0 spiro atoms. The smallest absolute Gasteiger partial charge is 0.336 e.